The molecule has 16 heteroatoms. The van der Waals surface area contributed by atoms with Gasteiger partial charge in [-0.25, -0.2) is 8.42 Å². The first-order chi connectivity index (χ1) is 23.3. The molecule has 1 aromatic heterocycles. The second kappa shape index (κ2) is 15.2. The fraction of sp³-hybridized carbons (Fsp3) is 0.697. The lowest BCUT2D eigenvalue weighted by atomic mass is 10.0. The predicted octanol–water partition coefficient (Wildman–Crippen LogP) is 2.72. The zero-order valence-corrected chi connectivity index (χ0v) is 29.9. The number of carbonyl (C=O) groups is 1. The highest BCUT2D eigenvalue weighted by molar-refractivity contribution is 7.99. The van der Waals surface area contributed by atoms with Crippen LogP contribution < -0.4 is 5.32 Å². The molecule has 5 heterocycles. The number of piperazine rings is 1. The van der Waals surface area contributed by atoms with E-state index < -0.39 is 27.9 Å². The van der Waals surface area contributed by atoms with Crippen molar-refractivity contribution in [2.45, 2.75) is 81.4 Å². The lowest BCUT2D eigenvalue weighted by molar-refractivity contribution is -0.139. The summed E-state index contributed by atoms with van der Waals surface area (Å²) < 4.78 is 70.7. The van der Waals surface area contributed by atoms with E-state index in [1.54, 1.807) is 11.6 Å². The largest absolute Gasteiger partial charge is 0.417 e. The number of carbonyl (C=O) groups excluding carboxylic acids is 1. The van der Waals surface area contributed by atoms with E-state index >= 15 is 0 Å². The molecule has 0 radical (unpaired) electrons. The van der Waals surface area contributed by atoms with Gasteiger partial charge < -0.3 is 20.2 Å². The first-order valence-electron chi connectivity index (χ1n) is 17.3. The molecular weight excluding hydrogens is 680 g/mol. The van der Waals surface area contributed by atoms with Gasteiger partial charge in [0.05, 0.1) is 36.2 Å². The molecule has 2 aromatic rings. The second-order valence-electron chi connectivity index (χ2n) is 13.8. The fourth-order valence-corrected chi connectivity index (χ4v) is 9.57. The number of amides is 1. The number of piperidine rings is 1. The van der Waals surface area contributed by atoms with Crippen molar-refractivity contribution < 1.29 is 31.5 Å². The Morgan fingerprint density at radius 1 is 1.08 bits per heavy atom. The summed E-state index contributed by atoms with van der Waals surface area (Å²) >= 11 is 1.08. The Morgan fingerprint density at radius 3 is 2.51 bits per heavy atom. The van der Waals surface area contributed by atoms with Gasteiger partial charge in [-0.1, -0.05) is 6.07 Å². The van der Waals surface area contributed by atoms with Crippen LogP contribution >= 0.6 is 11.8 Å². The quantitative estimate of drug-likeness (QED) is 0.338. The molecule has 0 aliphatic carbocycles. The van der Waals surface area contributed by atoms with Gasteiger partial charge >= 0.3 is 6.18 Å². The third kappa shape index (κ3) is 8.64. The van der Waals surface area contributed by atoms with Gasteiger partial charge in [0.15, 0.2) is 0 Å². The summed E-state index contributed by atoms with van der Waals surface area (Å²) in [6, 6.07) is 4.21. The molecule has 49 heavy (non-hydrogen) atoms. The van der Waals surface area contributed by atoms with E-state index in [0.717, 1.165) is 55.7 Å². The maximum atomic E-state index is 14.2. The molecule has 0 bridgehead atoms. The van der Waals surface area contributed by atoms with Crippen LogP contribution in [0.15, 0.2) is 23.1 Å². The number of halogens is 3. The smallest absolute Gasteiger partial charge is 0.390 e. The predicted molar refractivity (Wildman–Crippen MR) is 183 cm³/mol. The van der Waals surface area contributed by atoms with Crippen LogP contribution in [-0.2, 0) is 40.5 Å². The Kier molecular flexibility index (Phi) is 11.3. The summed E-state index contributed by atoms with van der Waals surface area (Å²) in [6.45, 7) is 8.56. The molecular formula is C33H48F3N7O4S2. The number of alkyl halides is 3. The van der Waals surface area contributed by atoms with Crippen molar-refractivity contribution in [1.29, 1.82) is 0 Å². The van der Waals surface area contributed by atoms with E-state index in [1.165, 1.54) is 42.4 Å². The van der Waals surface area contributed by atoms with Crippen LogP contribution in [0.3, 0.4) is 0 Å². The molecule has 0 spiro atoms. The van der Waals surface area contributed by atoms with Crippen LogP contribution in [0.25, 0.3) is 11.3 Å². The van der Waals surface area contributed by atoms with Crippen LogP contribution in [0.1, 0.15) is 49.4 Å². The lowest BCUT2D eigenvalue weighted by Crippen LogP contribution is -2.54. The Morgan fingerprint density at radius 2 is 1.82 bits per heavy atom. The van der Waals surface area contributed by atoms with Gasteiger partial charge in [-0.2, -0.15) is 22.6 Å². The standard InChI is InChI=1S/C33H48F3N7O4S2/c1-23-32(45)37-10-16-40(23)17-18-48-30-19-24(5-6-28(30)33(34,35)36)31-27-22-42(49(2,46)47)15-9-29(27)43(38-31)21-26(44)20-39-13-7-25(8-14-39)41-11-3-4-12-41/h5-6,19,23,25-26,44H,3-4,7-18,20-22H2,1-2H3,(H,37,45). The number of aliphatic hydroxyl groups is 1. The number of aromatic nitrogens is 2. The summed E-state index contributed by atoms with van der Waals surface area (Å²) in [5, 5.41) is 18.9. The first kappa shape index (κ1) is 36.6. The molecule has 3 saturated heterocycles. The number of hydrogen-bond donors (Lipinski definition) is 2. The normalized spacial score (nSPS) is 23.1. The summed E-state index contributed by atoms with van der Waals surface area (Å²) in [7, 11) is -3.53. The van der Waals surface area contributed by atoms with Crippen molar-refractivity contribution in [3.05, 3.63) is 35.0 Å². The molecule has 11 nitrogen and oxygen atoms in total. The second-order valence-corrected chi connectivity index (χ2v) is 16.9. The van der Waals surface area contributed by atoms with Crippen molar-refractivity contribution in [3.8, 4) is 11.3 Å². The number of benzene rings is 1. The SMILES string of the molecule is CC1C(=O)NCCN1CCSc1cc(-c2nn(CC(O)CN3CCC(N4CCCC4)CC3)c3c2CN(S(C)(=O)=O)CC3)ccc1C(F)(F)F. The average molecular weight is 728 g/mol. The molecule has 3 fully saturated rings. The highest BCUT2D eigenvalue weighted by Gasteiger charge is 2.36. The van der Waals surface area contributed by atoms with Crippen molar-refractivity contribution >= 4 is 27.7 Å². The molecule has 0 saturated carbocycles. The van der Waals surface area contributed by atoms with Crippen LogP contribution in [0, 0.1) is 0 Å². The fourth-order valence-electron chi connectivity index (χ4n) is 7.69. The van der Waals surface area contributed by atoms with E-state index in [0.29, 0.717) is 61.2 Å². The number of nitrogens with one attached hydrogen (secondary N) is 1. The first-order valence-corrected chi connectivity index (χ1v) is 20.2. The zero-order valence-electron chi connectivity index (χ0n) is 28.3. The minimum Gasteiger partial charge on any atom is -0.390 e. The Labute approximate surface area is 291 Å². The van der Waals surface area contributed by atoms with Crippen molar-refractivity contribution in [1.82, 2.24) is 34.1 Å². The number of likely N-dealkylation sites (tertiary alicyclic amines) is 2. The number of β-amino-alcohol motifs (C(OH)–C–C–N with tert-alkyl or cyclic N) is 1. The van der Waals surface area contributed by atoms with E-state index in [4.69, 9.17) is 5.10 Å². The highest BCUT2D eigenvalue weighted by atomic mass is 32.2. The summed E-state index contributed by atoms with van der Waals surface area (Å²) in [5.74, 6) is 0.255. The van der Waals surface area contributed by atoms with Crippen molar-refractivity contribution in [2.24, 2.45) is 0 Å². The molecule has 2 atom stereocenters. The van der Waals surface area contributed by atoms with Crippen LogP contribution in [-0.4, -0.2) is 137 Å². The molecule has 2 unspecified atom stereocenters. The Balaban J connectivity index is 1.22. The molecule has 4 aliphatic rings. The third-order valence-electron chi connectivity index (χ3n) is 10.5. The zero-order chi connectivity index (χ0) is 34.9. The van der Waals surface area contributed by atoms with Gasteiger partial charge in [0.1, 0.15) is 0 Å². The maximum Gasteiger partial charge on any atom is 0.417 e. The van der Waals surface area contributed by atoms with Gasteiger partial charge in [0.25, 0.3) is 0 Å². The summed E-state index contributed by atoms with van der Waals surface area (Å²) in [5.41, 5.74) is 1.59. The van der Waals surface area contributed by atoms with Crippen molar-refractivity contribution in [2.75, 3.05) is 70.9 Å². The Bertz CT molecular complexity index is 1590. The van der Waals surface area contributed by atoms with E-state index in [2.05, 4.69) is 15.1 Å². The van der Waals surface area contributed by atoms with Crippen molar-refractivity contribution in [3.63, 3.8) is 0 Å². The van der Waals surface area contributed by atoms with Gasteiger partial charge in [-0.3, -0.25) is 14.4 Å². The van der Waals surface area contributed by atoms with Gasteiger partial charge in [0.2, 0.25) is 15.9 Å². The number of fused-ring (bicyclic) bond motifs is 1. The molecule has 2 N–H and O–H groups in total. The molecule has 1 amide bonds. The lowest BCUT2D eigenvalue weighted by Gasteiger charge is -2.37. The van der Waals surface area contributed by atoms with Crippen LogP contribution in [0.5, 0.6) is 0 Å². The Hall–Kier alpha value is -2.21. The number of aliphatic hydroxyl groups excluding tert-OH is 1. The van der Waals surface area contributed by atoms with Crippen LogP contribution in [0.4, 0.5) is 13.2 Å². The molecule has 272 valence electrons. The monoisotopic (exact) mass is 727 g/mol. The van der Waals surface area contributed by atoms with Gasteiger partial charge in [0, 0.05) is 79.2 Å². The minimum absolute atomic E-state index is 0.0514. The topological polar surface area (TPSA) is 114 Å². The van der Waals surface area contributed by atoms with E-state index in [1.807, 2.05) is 4.90 Å². The third-order valence-corrected chi connectivity index (χ3v) is 12.7. The van der Waals surface area contributed by atoms with Gasteiger partial charge in [-0.05, 0) is 70.9 Å². The number of rotatable bonds is 11. The van der Waals surface area contributed by atoms with E-state index in [-0.39, 0.29) is 36.5 Å². The van der Waals surface area contributed by atoms with Crippen LogP contribution in [0.2, 0.25) is 0 Å². The highest BCUT2D eigenvalue weighted by Crippen LogP contribution is 2.40. The molecule has 1 aromatic carbocycles. The number of thioether (sulfide) groups is 1. The maximum absolute atomic E-state index is 14.2. The number of nitrogens with zero attached hydrogens (tertiary/aromatic N) is 6. The van der Waals surface area contributed by atoms with E-state index in [9.17, 15) is 31.5 Å². The molecule has 6 rings (SSSR count). The number of hydrogen-bond acceptors (Lipinski definition) is 9. The molecule has 4 aliphatic heterocycles. The summed E-state index contributed by atoms with van der Waals surface area (Å²) in [4.78, 5) is 19.0. The summed E-state index contributed by atoms with van der Waals surface area (Å²) in [6.07, 6.45) is 0.938. The average Bonchev–Trinajstić information content (AvgIpc) is 3.71. The number of sulfonamides is 1. The minimum atomic E-state index is -4.57. The van der Waals surface area contributed by atoms with Gasteiger partial charge in [-0.15, -0.1) is 11.8 Å².